The van der Waals surface area contributed by atoms with E-state index in [9.17, 15) is 13.2 Å². The maximum atomic E-state index is 13.8. The first-order valence-corrected chi connectivity index (χ1v) is 13.6. The summed E-state index contributed by atoms with van der Waals surface area (Å²) in [6, 6.07) is 6.57. The molecule has 1 aromatic carbocycles. The molecule has 1 heterocycles. The van der Waals surface area contributed by atoms with Gasteiger partial charge in [0, 0.05) is 31.1 Å². The van der Waals surface area contributed by atoms with Gasteiger partial charge in [-0.25, -0.2) is 12.7 Å². The van der Waals surface area contributed by atoms with E-state index in [0.717, 1.165) is 11.1 Å². The molecule has 6 nitrogen and oxygen atoms in total. The summed E-state index contributed by atoms with van der Waals surface area (Å²) in [5.41, 5.74) is 1.73. The lowest BCUT2D eigenvalue weighted by Crippen LogP contribution is -2.59. The monoisotopic (exact) mass is 506 g/mol. The number of hydrogen-bond acceptors (Lipinski definition) is 4. The molecule has 1 saturated carbocycles. The second kappa shape index (κ2) is 11.2. The van der Waals surface area contributed by atoms with E-state index in [1.54, 1.807) is 31.3 Å². The molecule has 2 fully saturated rings. The molecule has 1 aliphatic carbocycles. The molecule has 1 aromatic rings. The van der Waals surface area contributed by atoms with Crippen LogP contribution in [0.2, 0.25) is 5.02 Å². The van der Waals surface area contributed by atoms with E-state index in [-0.39, 0.29) is 23.7 Å². The Labute approximate surface area is 209 Å². The first-order chi connectivity index (χ1) is 16.2. The van der Waals surface area contributed by atoms with Crippen LogP contribution in [-0.4, -0.2) is 60.6 Å². The highest BCUT2D eigenvalue weighted by atomic mass is 35.5. The molecule has 0 N–H and O–H groups in total. The van der Waals surface area contributed by atoms with E-state index < -0.39 is 28.3 Å². The molecular weight excluding hydrogens is 472 g/mol. The summed E-state index contributed by atoms with van der Waals surface area (Å²) in [5, 5.41) is 0.288. The molecule has 1 saturated heterocycles. The summed E-state index contributed by atoms with van der Waals surface area (Å²) in [6.45, 7) is 11.9. The third-order valence-corrected chi connectivity index (χ3v) is 9.21. The Morgan fingerprint density at radius 3 is 2.44 bits per heavy atom. The standard InChI is InChI=1S/C26H35ClN2O4S/c1-6-10-23-26(30)29(21(9-4)17-28(5)34(31,32)22-15-16-22)24(19-11-13-20(27)14-12-19)25(33-23)18(7-2)8-3/h6-8,11-14,21-25H,1-2,9-10,15-17H2,3-5H3. The van der Waals surface area contributed by atoms with Crippen molar-refractivity contribution in [3.8, 4) is 0 Å². The van der Waals surface area contributed by atoms with Crippen LogP contribution in [0, 0.1) is 0 Å². The number of carbonyl (C=O) groups is 1. The van der Waals surface area contributed by atoms with Crippen molar-refractivity contribution < 1.29 is 17.9 Å². The molecule has 4 unspecified atom stereocenters. The average molecular weight is 507 g/mol. The van der Waals surface area contributed by atoms with Crippen LogP contribution in [0.15, 0.2) is 61.2 Å². The fourth-order valence-corrected chi connectivity index (χ4v) is 6.31. The van der Waals surface area contributed by atoms with Crippen molar-refractivity contribution >= 4 is 27.5 Å². The predicted octanol–water partition coefficient (Wildman–Crippen LogP) is 4.89. The number of ether oxygens (including phenoxy) is 1. The fourth-order valence-electron chi connectivity index (χ4n) is 4.56. The van der Waals surface area contributed by atoms with Crippen molar-refractivity contribution in [1.82, 2.24) is 9.21 Å². The molecular formula is C26H35ClN2O4S. The van der Waals surface area contributed by atoms with Gasteiger partial charge in [0.25, 0.3) is 5.91 Å². The molecule has 186 valence electrons. The van der Waals surface area contributed by atoms with E-state index in [2.05, 4.69) is 13.2 Å². The minimum Gasteiger partial charge on any atom is -0.358 e. The SMILES string of the molecule is C=CCC1OC(C(C=C)=CC)C(c2ccc(Cl)cc2)N(C(CC)CN(C)S(=O)(=O)C2CC2)C1=O. The van der Waals surface area contributed by atoms with E-state index in [4.69, 9.17) is 16.3 Å². The molecule has 4 atom stereocenters. The van der Waals surface area contributed by atoms with Gasteiger partial charge in [0.2, 0.25) is 10.0 Å². The van der Waals surface area contributed by atoms with Gasteiger partial charge in [0.15, 0.2) is 0 Å². The van der Waals surface area contributed by atoms with Crippen molar-refractivity contribution in [2.24, 2.45) is 0 Å². The van der Waals surface area contributed by atoms with Gasteiger partial charge in [-0.3, -0.25) is 4.79 Å². The number of morpholine rings is 1. The number of carbonyl (C=O) groups excluding carboxylic acids is 1. The van der Waals surface area contributed by atoms with Crippen LogP contribution in [0.4, 0.5) is 0 Å². The highest BCUT2D eigenvalue weighted by Crippen LogP contribution is 2.40. The van der Waals surface area contributed by atoms with E-state index in [1.807, 2.05) is 37.0 Å². The molecule has 0 radical (unpaired) electrons. The number of hydrogen-bond donors (Lipinski definition) is 0. The summed E-state index contributed by atoms with van der Waals surface area (Å²) >= 11 is 6.15. The smallest absolute Gasteiger partial charge is 0.252 e. The third kappa shape index (κ3) is 5.48. The molecule has 1 aliphatic heterocycles. The van der Waals surface area contributed by atoms with Gasteiger partial charge in [0.1, 0.15) is 12.2 Å². The first kappa shape index (κ1) is 26.7. The van der Waals surface area contributed by atoms with Crippen LogP contribution in [0.5, 0.6) is 0 Å². The number of rotatable bonds is 11. The number of likely N-dealkylation sites (N-methyl/N-ethyl adjacent to an activating group) is 1. The fraction of sp³-hybridized carbons (Fsp3) is 0.500. The zero-order valence-corrected chi connectivity index (χ0v) is 21.8. The molecule has 8 heteroatoms. The summed E-state index contributed by atoms with van der Waals surface area (Å²) in [6.07, 6.45) is 6.52. The lowest BCUT2D eigenvalue weighted by Gasteiger charge is -2.48. The van der Waals surface area contributed by atoms with Crippen molar-refractivity contribution in [2.45, 2.75) is 69.1 Å². The summed E-state index contributed by atoms with van der Waals surface area (Å²) in [7, 11) is -1.77. The number of nitrogens with zero attached hydrogens (tertiary/aromatic N) is 2. The van der Waals surface area contributed by atoms with Crippen molar-refractivity contribution in [3.05, 3.63) is 71.8 Å². The number of halogens is 1. The Hall–Kier alpha value is -1.93. The van der Waals surface area contributed by atoms with Crippen LogP contribution < -0.4 is 0 Å². The maximum Gasteiger partial charge on any atom is 0.252 e. The van der Waals surface area contributed by atoms with Gasteiger partial charge in [-0.1, -0.05) is 55.5 Å². The molecule has 34 heavy (non-hydrogen) atoms. The van der Waals surface area contributed by atoms with Gasteiger partial charge < -0.3 is 9.64 Å². The molecule has 0 spiro atoms. The molecule has 2 aliphatic rings. The summed E-state index contributed by atoms with van der Waals surface area (Å²) in [4.78, 5) is 15.6. The topological polar surface area (TPSA) is 66.9 Å². The lowest BCUT2D eigenvalue weighted by molar-refractivity contribution is -0.173. The number of sulfonamides is 1. The Kier molecular flexibility index (Phi) is 8.79. The second-order valence-electron chi connectivity index (χ2n) is 8.89. The third-order valence-electron chi connectivity index (χ3n) is 6.63. The van der Waals surface area contributed by atoms with Gasteiger partial charge in [-0.15, -0.1) is 6.58 Å². The minimum absolute atomic E-state index is 0.167. The second-order valence-corrected chi connectivity index (χ2v) is 11.6. The Bertz CT molecular complexity index is 1030. The van der Waals surface area contributed by atoms with Crippen LogP contribution in [0.3, 0.4) is 0 Å². The summed E-state index contributed by atoms with van der Waals surface area (Å²) < 4.78 is 33.5. The van der Waals surface area contributed by atoms with Gasteiger partial charge in [0.05, 0.1) is 11.3 Å². The summed E-state index contributed by atoms with van der Waals surface area (Å²) in [5.74, 6) is -0.167. The van der Waals surface area contributed by atoms with Crippen LogP contribution >= 0.6 is 11.6 Å². The molecule has 0 aromatic heterocycles. The van der Waals surface area contributed by atoms with Crippen molar-refractivity contribution in [1.29, 1.82) is 0 Å². The zero-order valence-electron chi connectivity index (χ0n) is 20.2. The average Bonchev–Trinajstić information content (AvgIpc) is 3.67. The van der Waals surface area contributed by atoms with Crippen LogP contribution in [0.1, 0.15) is 51.1 Å². The van der Waals surface area contributed by atoms with Crippen LogP contribution in [-0.2, 0) is 19.6 Å². The van der Waals surface area contributed by atoms with Crippen molar-refractivity contribution in [2.75, 3.05) is 13.6 Å². The van der Waals surface area contributed by atoms with E-state index in [0.29, 0.717) is 30.7 Å². The Morgan fingerprint density at radius 2 is 1.94 bits per heavy atom. The highest BCUT2D eigenvalue weighted by molar-refractivity contribution is 7.90. The zero-order chi connectivity index (χ0) is 25.0. The van der Waals surface area contributed by atoms with E-state index >= 15 is 0 Å². The highest BCUT2D eigenvalue weighted by Gasteiger charge is 2.47. The maximum absolute atomic E-state index is 13.8. The Balaban J connectivity index is 2.09. The number of amides is 1. The quantitative estimate of drug-likeness (QED) is 0.316. The van der Waals surface area contributed by atoms with Crippen LogP contribution in [0.25, 0.3) is 0 Å². The number of benzene rings is 1. The van der Waals surface area contributed by atoms with Gasteiger partial charge >= 0.3 is 0 Å². The molecule has 0 bridgehead atoms. The first-order valence-electron chi connectivity index (χ1n) is 11.8. The molecule has 3 rings (SSSR count). The van der Waals surface area contributed by atoms with Crippen molar-refractivity contribution in [3.63, 3.8) is 0 Å². The van der Waals surface area contributed by atoms with Gasteiger partial charge in [-0.05, 0) is 49.5 Å². The molecule has 1 amide bonds. The predicted molar refractivity (Wildman–Crippen MR) is 137 cm³/mol. The number of allylic oxidation sites excluding steroid dienone is 1. The largest absolute Gasteiger partial charge is 0.358 e. The minimum atomic E-state index is -3.37. The normalized spacial score (nSPS) is 24.9. The van der Waals surface area contributed by atoms with E-state index in [1.165, 1.54) is 4.31 Å². The Morgan fingerprint density at radius 1 is 1.29 bits per heavy atom. The van der Waals surface area contributed by atoms with Gasteiger partial charge in [-0.2, -0.15) is 0 Å². The lowest BCUT2D eigenvalue weighted by atomic mass is 9.89.